The van der Waals surface area contributed by atoms with E-state index < -0.39 is 22.4 Å². The Morgan fingerprint density at radius 1 is 0.425 bits per heavy atom. The first-order valence-electron chi connectivity index (χ1n) is 25.3. The lowest BCUT2D eigenvalue weighted by atomic mass is 10.1. The van der Waals surface area contributed by atoms with E-state index in [4.69, 9.17) is 61.9 Å². The summed E-state index contributed by atoms with van der Waals surface area (Å²) in [5.74, 6) is 1.75. The fraction of sp³-hybridized carbons (Fsp3) is 0.339. The number of halogens is 2. The van der Waals surface area contributed by atoms with Crippen molar-refractivity contribution < 1.29 is 68.3 Å². The number of alkyl halides is 2. The summed E-state index contributed by atoms with van der Waals surface area (Å²) in [6, 6.07) is 41.1. The molecule has 18 heteroatoms. The molecule has 0 amide bonds. The minimum Gasteiger partial charge on any atom is -0.543 e. The van der Waals surface area contributed by atoms with E-state index in [-0.39, 0.29) is 52.9 Å². The number of aromatic hydroxyl groups is 5. The molecule has 0 aliphatic carbocycles. The van der Waals surface area contributed by atoms with E-state index in [1.807, 2.05) is 48.5 Å². The standard InChI is InChI=1S/C18H26O3Si.C12H12O3.C11H8O4.C10H8O2.C7H18Si.2C2H5ClO/c1-18(2,3)22(5,6)21-17-10-8-14-7-9-16(20-13-19-4)11-15(14)12-17;1-14-8-15-12-5-3-9-2-4-11(13)6-10(9)7-12;12-8-2-1-6-4-9(11(14)15)10(13)5-7(6)3-8;11-9-3-1-7-2-4-10(12)6-8(7)5-9;1-7(2,3)8(4,5)6;2*1-4-2-3/h7-12H,13H2,1-6H3;2-7,13H,8H2,1H3;1-5,12-13H,(H,14,15);1-6,11-12H;1-6H3;2*2H2,1H3. The summed E-state index contributed by atoms with van der Waals surface area (Å²) in [5, 5.41) is 63.2. The van der Waals surface area contributed by atoms with Crippen LogP contribution in [0.1, 0.15) is 51.9 Å². The van der Waals surface area contributed by atoms with Crippen LogP contribution in [0.4, 0.5) is 0 Å². The second kappa shape index (κ2) is 33.3. The lowest BCUT2D eigenvalue weighted by Gasteiger charge is -2.36. The lowest BCUT2D eigenvalue weighted by molar-refractivity contribution is 0.0510. The third-order valence-electron chi connectivity index (χ3n) is 12.9. The van der Waals surface area contributed by atoms with Crippen LogP contribution in [0, 0.1) is 0 Å². The molecule has 8 rings (SSSR count). The fourth-order valence-electron chi connectivity index (χ4n) is 6.03. The van der Waals surface area contributed by atoms with Gasteiger partial charge in [0.25, 0.3) is 0 Å². The molecule has 0 saturated carbocycles. The van der Waals surface area contributed by atoms with Gasteiger partial charge in [-0.2, -0.15) is 0 Å². The number of methoxy groups -OCH3 is 4. The Hall–Kier alpha value is -6.48. The number of hydrogen-bond acceptors (Lipinski definition) is 13. The van der Waals surface area contributed by atoms with Crippen LogP contribution in [-0.4, -0.2) is 107 Å². The minimum atomic E-state index is -1.82. The highest BCUT2D eigenvalue weighted by atomic mass is 35.5. The van der Waals surface area contributed by atoms with E-state index in [1.165, 1.54) is 29.7 Å². The summed E-state index contributed by atoms with van der Waals surface area (Å²) in [6.07, 6.45) is 0. The first-order valence-corrected chi connectivity index (χ1v) is 32.8. The molecule has 80 heavy (non-hydrogen) atoms. The molecule has 0 aromatic heterocycles. The van der Waals surface area contributed by atoms with Crippen molar-refractivity contribution in [1.82, 2.24) is 0 Å². The molecule has 0 saturated heterocycles. The maximum atomic E-state index is 10.7. The molecule has 0 aliphatic heterocycles. The molecule has 0 atom stereocenters. The number of benzene rings is 8. The summed E-state index contributed by atoms with van der Waals surface area (Å²) in [5.41, 5.74) is -0.145. The molecule has 6 N–H and O–H groups in total. The molecule has 0 heterocycles. The van der Waals surface area contributed by atoms with Crippen LogP contribution in [0.25, 0.3) is 43.1 Å². The number of carboxylic acid groups (broad SMARTS) is 1. The highest BCUT2D eigenvalue weighted by Crippen LogP contribution is 2.39. The zero-order valence-corrected chi connectivity index (χ0v) is 52.3. The van der Waals surface area contributed by atoms with Gasteiger partial charge in [-0.25, -0.2) is 4.79 Å². The van der Waals surface area contributed by atoms with E-state index in [0.717, 1.165) is 44.2 Å². The summed E-state index contributed by atoms with van der Waals surface area (Å²) in [6.45, 7) is 26.0. The minimum absolute atomic E-state index is 0.0741. The maximum absolute atomic E-state index is 10.7. The largest absolute Gasteiger partial charge is 0.543 e. The lowest BCUT2D eigenvalue weighted by Crippen LogP contribution is -2.43. The predicted molar refractivity (Wildman–Crippen MR) is 332 cm³/mol. The van der Waals surface area contributed by atoms with Crippen LogP contribution in [0.15, 0.2) is 140 Å². The second-order valence-corrected chi connectivity index (χ2v) is 32.7. The monoisotopic (exact) mass is 1180 g/mol. The highest BCUT2D eigenvalue weighted by Gasteiger charge is 2.39. The molecule has 8 aromatic rings. The predicted octanol–water partition coefficient (Wildman–Crippen LogP) is 16.7. The Morgan fingerprint density at radius 3 is 1.05 bits per heavy atom. The Bertz CT molecular complexity index is 3100. The number of rotatable bonds is 11. The van der Waals surface area contributed by atoms with Crippen molar-refractivity contribution in [3.05, 3.63) is 145 Å². The van der Waals surface area contributed by atoms with E-state index >= 15 is 0 Å². The number of hydrogen-bond donors (Lipinski definition) is 6. The van der Waals surface area contributed by atoms with Gasteiger partial charge in [0.2, 0.25) is 8.32 Å². The van der Waals surface area contributed by atoms with Gasteiger partial charge < -0.3 is 63.5 Å². The number of ether oxygens (including phenoxy) is 6. The quantitative estimate of drug-likeness (QED) is 0.0405. The van der Waals surface area contributed by atoms with Crippen molar-refractivity contribution in [2.75, 3.05) is 54.2 Å². The van der Waals surface area contributed by atoms with Crippen LogP contribution in [-0.2, 0) is 18.9 Å². The third kappa shape index (κ3) is 24.1. The van der Waals surface area contributed by atoms with Gasteiger partial charge in [0.15, 0.2) is 13.6 Å². The van der Waals surface area contributed by atoms with Crippen molar-refractivity contribution in [1.29, 1.82) is 0 Å². The van der Waals surface area contributed by atoms with Crippen molar-refractivity contribution in [2.24, 2.45) is 0 Å². The van der Waals surface area contributed by atoms with Gasteiger partial charge >= 0.3 is 5.97 Å². The molecule has 0 bridgehead atoms. The Kier molecular flexibility index (Phi) is 29.0. The first kappa shape index (κ1) is 69.6. The van der Waals surface area contributed by atoms with E-state index in [2.05, 4.69) is 108 Å². The van der Waals surface area contributed by atoms with E-state index in [0.29, 0.717) is 27.9 Å². The normalized spacial score (nSPS) is 11.1. The summed E-state index contributed by atoms with van der Waals surface area (Å²) in [4.78, 5) is 10.7. The molecule has 0 fully saturated rings. The van der Waals surface area contributed by atoms with E-state index in [1.54, 1.807) is 70.9 Å². The van der Waals surface area contributed by atoms with Crippen molar-refractivity contribution >= 4 is 88.7 Å². The third-order valence-corrected chi connectivity index (χ3v) is 22.2. The van der Waals surface area contributed by atoms with E-state index in [9.17, 15) is 20.1 Å². The smallest absolute Gasteiger partial charge is 0.339 e. The zero-order chi connectivity index (χ0) is 60.4. The molecule has 0 radical (unpaired) electrons. The van der Waals surface area contributed by atoms with Gasteiger partial charge in [0.1, 0.15) is 63.7 Å². The van der Waals surface area contributed by atoms with Crippen LogP contribution < -0.4 is 13.9 Å². The van der Waals surface area contributed by atoms with Crippen LogP contribution in [0.2, 0.25) is 42.8 Å². The van der Waals surface area contributed by atoms with Crippen LogP contribution >= 0.6 is 23.2 Å². The van der Waals surface area contributed by atoms with Gasteiger partial charge in [-0.3, -0.25) is 0 Å². The van der Waals surface area contributed by atoms with Crippen LogP contribution in [0.3, 0.4) is 0 Å². The Balaban J connectivity index is 0.000000339. The molecule has 14 nitrogen and oxygen atoms in total. The number of fused-ring (bicyclic) bond motifs is 4. The maximum Gasteiger partial charge on any atom is 0.339 e. The summed E-state index contributed by atoms with van der Waals surface area (Å²) in [7, 11) is 3.61. The van der Waals surface area contributed by atoms with Crippen molar-refractivity contribution in [2.45, 2.75) is 84.4 Å². The topological polar surface area (TPSA) is 203 Å². The average molecular weight is 1180 g/mol. The highest BCUT2D eigenvalue weighted by molar-refractivity contribution is 6.78. The second-order valence-electron chi connectivity index (χ2n) is 21.5. The number of carbonyl (C=O) groups is 1. The number of carboxylic acids is 1. The number of aromatic carboxylic acids is 1. The molecule has 8 aromatic carbocycles. The van der Waals surface area contributed by atoms with Gasteiger partial charge in [-0.1, -0.05) is 127 Å². The van der Waals surface area contributed by atoms with Gasteiger partial charge in [-0.15, -0.1) is 0 Å². The van der Waals surface area contributed by atoms with Crippen molar-refractivity contribution in [3.8, 4) is 46.0 Å². The van der Waals surface area contributed by atoms with Gasteiger partial charge in [-0.05, 0) is 163 Å². The number of phenols is 5. The first-order chi connectivity index (χ1) is 37.4. The molecular weight excluding hydrogens is 1100 g/mol. The molecule has 0 aliphatic rings. The molecular formula is C62H82Cl2O14Si2. The van der Waals surface area contributed by atoms with Gasteiger partial charge in [0, 0.05) is 36.5 Å². The molecule has 0 unspecified atom stereocenters. The molecule has 436 valence electrons. The summed E-state index contributed by atoms with van der Waals surface area (Å²) >= 11 is 9.93. The summed E-state index contributed by atoms with van der Waals surface area (Å²) < 4.78 is 35.5. The Labute approximate surface area is 484 Å². The fourth-order valence-corrected chi connectivity index (χ4v) is 7.05. The van der Waals surface area contributed by atoms with Crippen LogP contribution in [0.5, 0.6) is 46.0 Å². The zero-order valence-electron chi connectivity index (χ0n) is 48.8. The SMILES string of the molecule is CC(C)(C)[Si](C)(C)C.COCCl.COCCl.COCOc1ccc2ccc(O)cc2c1.COCOc1ccc2ccc(O[Si](C)(C)C(C)(C)C)cc2c1.O=C(O)c1cc2ccc(O)cc2cc1O.Oc1ccc2ccc(O)cc2c1. The molecule has 0 spiro atoms. The number of phenolic OH excluding ortho intramolecular Hbond substituents is 4. The average Bonchev–Trinajstić information content (AvgIpc) is 3.39. The van der Waals surface area contributed by atoms with Crippen molar-refractivity contribution in [3.63, 3.8) is 0 Å². The Morgan fingerprint density at radius 2 is 0.725 bits per heavy atom. The van der Waals surface area contributed by atoms with Gasteiger partial charge in [0.05, 0.1) is 0 Å².